The summed E-state index contributed by atoms with van der Waals surface area (Å²) in [6.07, 6.45) is 0.747. The summed E-state index contributed by atoms with van der Waals surface area (Å²) in [6.45, 7) is 6.43. The van der Waals surface area contributed by atoms with E-state index in [0.717, 1.165) is 34.5 Å². The molecule has 162 valence electrons. The van der Waals surface area contributed by atoms with E-state index in [2.05, 4.69) is 25.9 Å². The van der Waals surface area contributed by atoms with Gasteiger partial charge in [0.25, 0.3) is 0 Å². The second-order valence-electron chi connectivity index (χ2n) is 7.54. The van der Waals surface area contributed by atoms with Crippen molar-refractivity contribution in [1.82, 2.24) is 15.3 Å². The SMILES string of the molecule is Cc1c(Cl)cccc1-c1cc(NCCc2cccc(NC(=O)NC(C)C)c2)nc(N)n1. The zero-order valence-corrected chi connectivity index (χ0v) is 18.6. The van der Waals surface area contributed by atoms with Crippen LogP contribution >= 0.6 is 11.6 Å². The quantitative estimate of drug-likeness (QED) is 0.421. The molecule has 0 aliphatic heterocycles. The van der Waals surface area contributed by atoms with E-state index >= 15 is 0 Å². The van der Waals surface area contributed by atoms with E-state index in [9.17, 15) is 4.79 Å². The molecule has 0 bridgehead atoms. The fourth-order valence-electron chi connectivity index (χ4n) is 3.15. The number of hydrogen-bond acceptors (Lipinski definition) is 5. The minimum Gasteiger partial charge on any atom is -0.370 e. The molecule has 2 aromatic carbocycles. The van der Waals surface area contributed by atoms with E-state index in [1.165, 1.54) is 0 Å². The van der Waals surface area contributed by atoms with Crippen molar-refractivity contribution in [3.05, 3.63) is 64.7 Å². The van der Waals surface area contributed by atoms with Gasteiger partial charge in [0.05, 0.1) is 5.69 Å². The first-order valence-corrected chi connectivity index (χ1v) is 10.5. The zero-order valence-electron chi connectivity index (χ0n) is 17.9. The number of hydrogen-bond donors (Lipinski definition) is 4. The van der Waals surface area contributed by atoms with Gasteiger partial charge in [-0.05, 0) is 56.5 Å². The molecule has 0 spiro atoms. The van der Waals surface area contributed by atoms with Crippen LogP contribution in [0.3, 0.4) is 0 Å². The summed E-state index contributed by atoms with van der Waals surface area (Å²) in [6, 6.07) is 15.2. The highest BCUT2D eigenvalue weighted by Crippen LogP contribution is 2.28. The maximum atomic E-state index is 11.9. The molecule has 3 aromatic rings. The Labute approximate surface area is 187 Å². The molecule has 7 nitrogen and oxygen atoms in total. The Morgan fingerprint density at radius 3 is 2.68 bits per heavy atom. The third-order valence-electron chi connectivity index (χ3n) is 4.61. The predicted octanol–water partition coefficient (Wildman–Crippen LogP) is 4.87. The first kappa shape index (κ1) is 22.4. The topological polar surface area (TPSA) is 105 Å². The molecule has 8 heteroatoms. The number of benzene rings is 2. The highest BCUT2D eigenvalue weighted by atomic mass is 35.5. The Morgan fingerprint density at radius 1 is 1.13 bits per heavy atom. The highest BCUT2D eigenvalue weighted by molar-refractivity contribution is 6.31. The summed E-state index contributed by atoms with van der Waals surface area (Å²) in [5, 5.41) is 9.64. The first-order chi connectivity index (χ1) is 14.8. The molecular formula is C23H27ClN6O. The van der Waals surface area contributed by atoms with Gasteiger partial charge in [0.2, 0.25) is 5.95 Å². The number of aromatic nitrogens is 2. The van der Waals surface area contributed by atoms with E-state index < -0.39 is 0 Å². The molecular weight excluding hydrogens is 412 g/mol. The Bertz CT molecular complexity index is 1070. The average molecular weight is 439 g/mol. The summed E-state index contributed by atoms with van der Waals surface area (Å²) in [4.78, 5) is 20.5. The van der Waals surface area contributed by atoms with Crippen LogP contribution in [0.5, 0.6) is 0 Å². The Kier molecular flexibility index (Phi) is 7.31. The van der Waals surface area contributed by atoms with Crippen molar-refractivity contribution >= 4 is 35.1 Å². The zero-order chi connectivity index (χ0) is 22.4. The average Bonchev–Trinajstić information content (AvgIpc) is 2.69. The third-order valence-corrected chi connectivity index (χ3v) is 5.02. The van der Waals surface area contributed by atoms with Gasteiger partial charge in [0.15, 0.2) is 0 Å². The molecule has 3 rings (SSSR count). The predicted molar refractivity (Wildman–Crippen MR) is 128 cm³/mol. The molecule has 0 unspecified atom stereocenters. The molecule has 0 saturated carbocycles. The van der Waals surface area contributed by atoms with Crippen LogP contribution in [-0.2, 0) is 6.42 Å². The molecule has 0 radical (unpaired) electrons. The fourth-order valence-corrected chi connectivity index (χ4v) is 3.32. The second-order valence-corrected chi connectivity index (χ2v) is 7.95. The summed E-state index contributed by atoms with van der Waals surface area (Å²) in [5.74, 6) is 0.842. The number of nitrogens with one attached hydrogen (secondary N) is 3. The summed E-state index contributed by atoms with van der Waals surface area (Å²) < 4.78 is 0. The Hall–Kier alpha value is -3.32. The summed E-state index contributed by atoms with van der Waals surface area (Å²) in [7, 11) is 0. The summed E-state index contributed by atoms with van der Waals surface area (Å²) in [5.41, 5.74) is 10.3. The van der Waals surface area contributed by atoms with Gasteiger partial charge in [-0.2, -0.15) is 4.98 Å². The van der Waals surface area contributed by atoms with Gasteiger partial charge in [0, 0.05) is 34.9 Å². The minimum absolute atomic E-state index is 0.0771. The molecule has 0 saturated heterocycles. The van der Waals surface area contributed by atoms with Crippen LogP contribution in [0.15, 0.2) is 48.5 Å². The maximum absolute atomic E-state index is 11.9. The largest absolute Gasteiger partial charge is 0.370 e. The smallest absolute Gasteiger partial charge is 0.319 e. The van der Waals surface area contributed by atoms with E-state index in [-0.39, 0.29) is 18.0 Å². The standard InChI is InChI=1S/C23H27ClN6O/c1-14(2)27-23(31)28-17-7-4-6-16(12-17)10-11-26-21-13-20(29-22(25)30-21)18-8-5-9-19(24)15(18)3/h4-9,12-14H,10-11H2,1-3H3,(H2,27,28,31)(H3,25,26,29,30). The number of anilines is 3. The van der Waals surface area contributed by atoms with Crippen molar-refractivity contribution in [3.63, 3.8) is 0 Å². The van der Waals surface area contributed by atoms with E-state index in [1.54, 1.807) is 0 Å². The monoisotopic (exact) mass is 438 g/mol. The number of halogens is 1. The molecule has 0 atom stereocenters. The maximum Gasteiger partial charge on any atom is 0.319 e. The normalized spacial score (nSPS) is 10.7. The van der Waals surface area contributed by atoms with Crippen LogP contribution in [0.25, 0.3) is 11.3 Å². The van der Waals surface area contributed by atoms with Gasteiger partial charge in [-0.3, -0.25) is 0 Å². The molecule has 1 heterocycles. The van der Waals surface area contributed by atoms with Crippen molar-refractivity contribution < 1.29 is 4.79 Å². The molecule has 0 fully saturated rings. The third kappa shape index (κ3) is 6.33. The van der Waals surface area contributed by atoms with Crippen molar-refractivity contribution in [2.45, 2.75) is 33.2 Å². The number of carbonyl (C=O) groups is 1. The van der Waals surface area contributed by atoms with Crippen molar-refractivity contribution in [3.8, 4) is 11.3 Å². The summed E-state index contributed by atoms with van der Waals surface area (Å²) >= 11 is 6.24. The Morgan fingerprint density at radius 2 is 1.90 bits per heavy atom. The van der Waals surface area contributed by atoms with Crippen LogP contribution in [0.1, 0.15) is 25.0 Å². The molecule has 2 amide bonds. The van der Waals surface area contributed by atoms with Gasteiger partial charge in [-0.15, -0.1) is 0 Å². The van der Waals surface area contributed by atoms with Gasteiger partial charge in [-0.25, -0.2) is 9.78 Å². The van der Waals surface area contributed by atoms with Gasteiger partial charge >= 0.3 is 6.03 Å². The molecule has 31 heavy (non-hydrogen) atoms. The Balaban J connectivity index is 1.65. The fraction of sp³-hybridized carbons (Fsp3) is 0.261. The number of nitrogen functional groups attached to an aromatic ring is 1. The van der Waals surface area contributed by atoms with Crippen LogP contribution < -0.4 is 21.7 Å². The lowest BCUT2D eigenvalue weighted by Gasteiger charge is -2.12. The number of amides is 2. The lowest BCUT2D eigenvalue weighted by molar-refractivity contribution is 0.250. The van der Waals surface area contributed by atoms with Crippen molar-refractivity contribution in [1.29, 1.82) is 0 Å². The van der Waals surface area contributed by atoms with Crippen LogP contribution in [-0.4, -0.2) is 28.6 Å². The van der Waals surface area contributed by atoms with Crippen LogP contribution in [0.4, 0.5) is 22.2 Å². The number of urea groups is 1. The van der Waals surface area contributed by atoms with Crippen molar-refractivity contribution in [2.24, 2.45) is 0 Å². The number of nitrogens with two attached hydrogens (primary N) is 1. The van der Waals surface area contributed by atoms with Gasteiger partial charge in [-0.1, -0.05) is 35.9 Å². The molecule has 0 aliphatic carbocycles. The molecule has 0 aliphatic rings. The number of nitrogens with zero attached hydrogens (tertiary/aromatic N) is 2. The molecule has 1 aromatic heterocycles. The minimum atomic E-state index is -0.217. The van der Waals surface area contributed by atoms with Crippen LogP contribution in [0, 0.1) is 6.92 Å². The number of rotatable bonds is 7. The van der Waals surface area contributed by atoms with Crippen LogP contribution in [0.2, 0.25) is 5.02 Å². The van der Waals surface area contributed by atoms with E-state index in [0.29, 0.717) is 17.4 Å². The van der Waals surface area contributed by atoms with Crippen molar-refractivity contribution in [2.75, 3.05) is 22.9 Å². The second kappa shape index (κ2) is 10.1. The lowest BCUT2D eigenvalue weighted by atomic mass is 10.1. The van der Waals surface area contributed by atoms with Gasteiger partial charge in [0.1, 0.15) is 5.82 Å². The highest BCUT2D eigenvalue weighted by Gasteiger charge is 2.10. The number of carbonyl (C=O) groups excluding carboxylic acids is 1. The molecule has 5 N–H and O–H groups in total. The lowest BCUT2D eigenvalue weighted by Crippen LogP contribution is -2.34. The van der Waals surface area contributed by atoms with E-state index in [4.69, 9.17) is 17.3 Å². The van der Waals surface area contributed by atoms with Gasteiger partial charge < -0.3 is 21.7 Å². The van der Waals surface area contributed by atoms with E-state index in [1.807, 2.05) is 69.3 Å². The first-order valence-electron chi connectivity index (χ1n) is 10.1.